The van der Waals surface area contributed by atoms with Crippen LogP contribution < -0.4 is 10.1 Å². The van der Waals surface area contributed by atoms with Crippen molar-refractivity contribution in [1.82, 2.24) is 9.78 Å². The molecule has 1 aromatic carbocycles. The molecule has 0 amide bonds. The van der Waals surface area contributed by atoms with E-state index in [2.05, 4.69) is 10.4 Å². The van der Waals surface area contributed by atoms with Crippen LogP contribution in [0, 0.1) is 28.4 Å². The summed E-state index contributed by atoms with van der Waals surface area (Å²) < 4.78 is 6.94. The number of nitrogens with one attached hydrogen (secondary N) is 1. The molecule has 0 bridgehead atoms. The lowest BCUT2D eigenvalue weighted by molar-refractivity contribution is -0.384. The maximum Gasteiger partial charge on any atom is 0.333 e. The average Bonchev–Trinajstić information content (AvgIpc) is 2.78. The first-order chi connectivity index (χ1) is 10.5. The summed E-state index contributed by atoms with van der Waals surface area (Å²) in [7, 11) is 1.64. The second-order valence-corrected chi connectivity index (χ2v) is 4.57. The Morgan fingerprint density at radius 2 is 2.14 bits per heavy atom. The van der Waals surface area contributed by atoms with Crippen LogP contribution in [0.4, 0.5) is 11.5 Å². The van der Waals surface area contributed by atoms with Crippen LogP contribution in [0.15, 0.2) is 24.3 Å². The molecule has 1 aromatic heterocycles. The molecule has 0 aliphatic heterocycles. The van der Waals surface area contributed by atoms with Crippen molar-refractivity contribution in [2.75, 3.05) is 18.5 Å². The molecule has 0 saturated heterocycles. The number of nitrogens with zero attached hydrogens (tertiary/aromatic N) is 4. The molecule has 2 aromatic rings. The van der Waals surface area contributed by atoms with E-state index in [1.165, 1.54) is 4.68 Å². The summed E-state index contributed by atoms with van der Waals surface area (Å²) in [5, 5.41) is 26.7. The lowest BCUT2D eigenvalue weighted by Gasteiger charge is -2.08. The smallest absolute Gasteiger partial charge is 0.333 e. The highest BCUT2D eigenvalue weighted by Gasteiger charge is 2.23. The van der Waals surface area contributed by atoms with Gasteiger partial charge in [-0.1, -0.05) is 0 Å². The largest absolute Gasteiger partial charge is 0.492 e. The molecule has 0 atom stereocenters. The third kappa shape index (κ3) is 3.32. The van der Waals surface area contributed by atoms with Gasteiger partial charge < -0.3 is 10.1 Å². The number of nitro groups is 1. The maximum atomic E-state index is 11.0. The highest BCUT2D eigenvalue weighted by atomic mass is 16.6. The normalized spacial score (nSPS) is 10.0. The van der Waals surface area contributed by atoms with Gasteiger partial charge in [-0.05, 0) is 31.2 Å². The van der Waals surface area contributed by atoms with Gasteiger partial charge in [-0.3, -0.25) is 10.1 Å². The second kappa shape index (κ2) is 6.58. The van der Waals surface area contributed by atoms with Gasteiger partial charge in [0, 0.05) is 7.05 Å². The van der Waals surface area contributed by atoms with Crippen LogP contribution in [0.25, 0.3) is 0 Å². The second-order valence-electron chi connectivity index (χ2n) is 4.57. The molecule has 0 aliphatic rings. The molecule has 114 valence electrons. The molecule has 0 saturated carbocycles. The van der Waals surface area contributed by atoms with E-state index < -0.39 is 4.92 Å². The topological polar surface area (TPSA) is 106 Å². The van der Waals surface area contributed by atoms with Gasteiger partial charge in [0.15, 0.2) is 0 Å². The number of nitriles is 1. The molecular weight excluding hydrogens is 286 g/mol. The molecule has 22 heavy (non-hydrogen) atoms. The van der Waals surface area contributed by atoms with Crippen LogP contribution in [0.3, 0.4) is 0 Å². The first kappa shape index (κ1) is 15.3. The minimum atomic E-state index is -0.452. The monoisotopic (exact) mass is 301 g/mol. The summed E-state index contributed by atoms with van der Waals surface area (Å²) >= 11 is 0. The van der Waals surface area contributed by atoms with Crippen LogP contribution in [-0.4, -0.2) is 27.9 Å². The molecule has 0 spiro atoms. The third-order valence-corrected chi connectivity index (χ3v) is 3.02. The van der Waals surface area contributed by atoms with Crippen LogP contribution in [0.1, 0.15) is 11.3 Å². The van der Waals surface area contributed by atoms with Crippen LogP contribution in [0.5, 0.6) is 5.75 Å². The number of rotatable bonds is 6. The minimum absolute atomic E-state index is 0.0270. The maximum absolute atomic E-state index is 11.0. The fourth-order valence-corrected chi connectivity index (χ4v) is 2.03. The number of hydrogen-bond donors (Lipinski definition) is 1. The van der Waals surface area contributed by atoms with Gasteiger partial charge in [0.05, 0.1) is 23.1 Å². The van der Waals surface area contributed by atoms with Crippen LogP contribution in [-0.2, 0) is 7.05 Å². The number of aryl methyl sites for hydroxylation is 2. The van der Waals surface area contributed by atoms with Gasteiger partial charge in [0.25, 0.3) is 0 Å². The van der Waals surface area contributed by atoms with E-state index in [0.29, 0.717) is 36.0 Å². The van der Waals surface area contributed by atoms with E-state index in [1.54, 1.807) is 38.2 Å². The molecule has 2 rings (SSSR count). The van der Waals surface area contributed by atoms with E-state index in [4.69, 9.17) is 10.00 Å². The van der Waals surface area contributed by atoms with Crippen molar-refractivity contribution in [3.05, 3.63) is 45.6 Å². The van der Waals surface area contributed by atoms with Gasteiger partial charge in [-0.15, -0.1) is 0 Å². The molecule has 0 unspecified atom stereocenters. The summed E-state index contributed by atoms with van der Waals surface area (Å²) in [4.78, 5) is 10.6. The Labute approximate surface area is 127 Å². The average molecular weight is 301 g/mol. The summed E-state index contributed by atoms with van der Waals surface area (Å²) in [5.41, 5.74) is 0.898. The molecule has 8 heteroatoms. The Bertz CT molecular complexity index is 715. The van der Waals surface area contributed by atoms with Gasteiger partial charge >= 0.3 is 5.69 Å². The fourth-order valence-electron chi connectivity index (χ4n) is 2.03. The highest BCUT2D eigenvalue weighted by molar-refractivity contribution is 5.59. The standard InChI is InChI=1S/C14H15N5O3/c1-10-13(19(20)21)14(18(2)17-10)16-7-8-22-12-5-3-11(9-15)4-6-12/h3-6,16H,7-8H2,1-2H3. The Balaban J connectivity index is 1.91. The van der Waals surface area contributed by atoms with Gasteiger partial charge in [-0.25, -0.2) is 4.68 Å². The number of anilines is 1. The molecule has 1 N–H and O–H groups in total. The van der Waals surface area contributed by atoms with Gasteiger partial charge in [0.1, 0.15) is 18.1 Å². The van der Waals surface area contributed by atoms with Crippen molar-refractivity contribution in [2.45, 2.75) is 6.92 Å². The summed E-state index contributed by atoms with van der Waals surface area (Å²) in [6, 6.07) is 8.76. The van der Waals surface area contributed by atoms with Crippen LogP contribution in [0.2, 0.25) is 0 Å². The van der Waals surface area contributed by atoms with E-state index >= 15 is 0 Å². The van der Waals surface area contributed by atoms with Crippen molar-refractivity contribution in [3.63, 3.8) is 0 Å². The number of ether oxygens (including phenoxy) is 1. The lowest BCUT2D eigenvalue weighted by atomic mass is 10.2. The zero-order valence-corrected chi connectivity index (χ0v) is 12.2. The van der Waals surface area contributed by atoms with Crippen molar-refractivity contribution >= 4 is 11.5 Å². The third-order valence-electron chi connectivity index (χ3n) is 3.02. The molecule has 1 heterocycles. The predicted octanol–water partition coefficient (Wildman–Crippen LogP) is 2.00. The zero-order valence-electron chi connectivity index (χ0n) is 12.2. The van der Waals surface area contributed by atoms with E-state index in [-0.39, 0.29) is 5.69 Å². The van der Waals surface area contributed by atoms with Crippen molar-refractivity contribution < 1.29 is 9.66 Å². The minimum Gasteiger partial charge on any atom is -0.492 e. The van der Waals surface area contributed by atoms with E-state index in [1.807, 2.05) is 6.07 Å². The summed E-state index contributed by atoms with van der Waals surface area (Å²) in [5.74, 6) is 0.988. The first-order valence-corrected chi connectivity index (χ1v) is 6.57. The Hall–Kier alpha value is -3.08. The number of benzene rings is 1. The molecule has 0 fully saturated rings. The molecule has 0 aliphatic carbocycles. The quantitative estimate of drug-likeness (QED) is 0.497. The first-order valence-electron chi connectivity index (χ1n) is 6.57. The Kier molecular flexibility index (Phi) is 4.58. The predicted molar refractivity (Wildman–Crippen MR) is 79.7 cm³/mol. The highest BCUT2D eigenvalue weighted by Crippen LogP contribution is 2.26. The Morgan fingerprint density at radius 1 is 1.45 bits per heavy atom. The Morgan fingerprint density at radius 3 is 2.73 bits per heavy atom. The lowest BCUT2D eigenvalue weighted by Crippen LogP contribution is -2.14. The number of aromatic nitrogens is 2. The van der Waals surface area contributed by atoms with Gasteiger partial charge in [-0.2, -0.15) is 10.4 Å². The van der Waals surface area contributed by atoms with Crippen molar-refractivity contribution in [1.29, 1.82) is 5.26 Å². The number of hydrogen-bond acceptors (Lipinski definition) is 6. The van der Waals surface area contributed by atoms with E-state index in [0.717, 1.165) is 0 Å². The SMILES string of the molecule is Cc1nn(C)c(NCCOc2ccc(C#N)cc2)c1[N+](=O)[O-]. The fraction of sp³-hybridized carbons (Fsp3) is 0.286. The summed E-state index contributed by atoms with van der Waals surface area (Å²) in [6.07, 6.45) is 0. The zero-order chi connectivity index (χ0) is 16.1. The summed E-state index contributed by atoms with van der Waals surface area (Å²) in [6.45, 7) is 2.31. The van der Waals surface area contributed by atoms with Gasteiger partial charge in [0.2, 0.25) is 5.82 Å². The molecule has 8 nitrogen and oxygen atoms in total. The van der Waals surface area contributed by atoms with Crippen LogP contribution >= 0.6 is 0 Å². The van der Waals surface area contributed by atoms with E-state index in [9.17, 15) is 10.1 Å². The molecular formula is C14H15N5O3. The van der Waals surface area contributed by atoms with Crippen molar-refractivity contribution in [3.8, 4) is 11.8 Å². The molecule has 0 radical (unpaired) electrons. The van der Waals surface area contributed by atoms with Crippen molar-refractivity contribution in [2.24, 2.45) is 7.05 Å².